The van der Waals surface area contributed by atoms with Gasteiger partial charge in [-0.15, -0.1) is 0 Å². The van der Waals surface area contributed by atoms with Crippen molar-refractivity contribution in [2.45, 2.75) is 37.8 Å². The molecule has 2 amide bonds. The van der Waals surface area contributed by atoms with Crippen LogP contribution in [0, 0.1) is 0 Å². The van der Waals surface area contributed by atoms with E-state index in [1.807, 2.05) is 31.2 Å². The molecule has 1 heterocycles. The lowest BCUT2D eigenvalue weighted by Crippen LogP contribution is -2.51. The van der Waals surface area contributed by atoms with E-state index in [0.29, 0.717) is 31.3 Å². The topological polar surface area (TPSA) is 105 Å². The first-order chi connectivity index (χ1) is 19.2. The lowest BCUT2D eigenvalue weighted by atomic mass is 10.1. The number of carbonyl (C=O) groups excluding carboxylic acids is 2. The Kier molecular flexibility index (Phi) is 9.70. The lowest BCUT2D eigenvalue weighted by Gasteiger charge is -2.32. The van der Waals surface area contributed by atoms with E-state index < -0.39 is 28.5 Å². The second-order valence-electron chi connectivity index (χ2n) is 9.27. The fourth-order valence-electron chi connectivity index (χ4n) is 4.20. The Hall–Kier alpha value is -3.57. The number of anilines is 1. The third-order valence-electron chi connectivity index (χ3n) is 6.41. The molecule has 1 N–H and O–H groups in total. The first-order valence-corrected chi connectivity index (χ1v) is 15.2. The van der Waals surface area contributed by atoms with Gasteiger partial charge in [-0.2, -0.15) is 0 Å². The van der Waals surface area contributed by atoms with Crippen molar-refractivity contribution in [2.24, 2.45) is 0 Å². The van der Waals surface area contributed by atoms with Gasteiger partial charge in [-0.05, 0) is 55.3 Å². The summed E-state index contributed by atoms with van der Waals surface area (Å²) in [6, 6.07) is 19.2. The predicted molar refractivity (Wildman–Crippen MR) is 156 cm³/mol. The predicted octanol–water partition coefficient (Wildman–Crippen LogP) is 4.36. The third-order valence-corrected chi connectivity index (χ3v) is 8.72. The Balaban J connectivity index is 1.71. The van der Waals surface area contributed by atoms with Gasteiger partial charge in [0, 0.05) is 23.6 Å². The van der Waals surface area contributed by atoms with Crippen LogP contribution in [0.1, 0.15) is 25.8 Å². The van der Waals surface area contributed by atoms with Crippen molar-refractivity contribution >= 4 is 43.5 Å². The molecule has 9 nitrogen and oxygen atoms in total. The molecular weight excluding hydrogens is 598 g/mol. The Morgan fingerprint density at radius 1 is 0.975 bits per heavy atom. The molecule has 3 aromatic carbocycles. The number of benzene rings is 3. The minimum Gasteiger partial charge on any atom is -0.486 e. The Morgan fingerprint density at radius 3 is 2.33 bits per heavy atom. The molecule has 1 aliphatic heterocycles. The summed E-state index contributed by atoms with van der Waals surface area (Å²) >= 11 is 3.41. The highest BCUT2D eigenvalue weighted by molar-refractivity contribution is 9.10. The molecule has 0 aromatic heterocycles. The Bertz CT molecular complexity index is 1430. The summed E-state index contributed by atoms with van der Waals surface area (Å²) in [7, 11) is -4.17. The van der Waals surface area contributed by atoms with E-state index in [1.54, 1.807) is 43.3 Å². The summed E-state index contributed by atoms with van der Waals surface area (Å²) in [6.07, 6.45) is 0.742. The molecular formula is C29H32BrN3O6S. The van der Waals surface area contributed by atoms with E-state index in [2.05, 4.69) is 21.2 Å². The number of rotatable bonds is 11. The molecule has 0 fully saturated rings. The first kappa shape index (κ1) is 29.4. The molecule has 3 aromatic rings. The van der Waals surface area contributed by atoms with E-state index >= 15 is 0 Å². The van der Waals surface area contributed by atoms with Crippen LogP contribution in [0.5, 0.6) is 11.5 Å². The highest BCUT2D eigenvalue weighted by atomic mass is 79.9. The molecule has 1 atom stereocenters. The molecule has 0 radical (unpaired) electrons. The van der Waals surface area contributed by atoms with Gasteiger partial charge in [0.05, 0.1) is 10.6 Å². The zero-order valence-electron chi connectivity index (χ0n) is 22.4. The molecule has 4 rings (SSSR count). The smallest absolute Gasteiger partial charge is 0.264 e. The number of nitrogens with one attached hydrogen (secondary N) is 1. The number of carbonyl (C=O) groups is 2. The van der Waals surface area contributed by atoms with E-state index in [1.165, 1.54) is 17.0 Å². The minimum absolute atomic E-state index is 0.0332. The van der Waals surface area contributed by atoms with E-state index in [0.717, 1.165) is 20.8 Å². The number of hydrogen-bond donors (Lipinski definition) is 1. The minimum atomic E-state index is -4.17. The average Bonchev–Trinajstić information content (AvgIpc) is 2.98. The monoisotopic (exact) mass is 629 g/mol. The fourth-order valence-corrected chi connectivity index (χ4v) is 5.89. The van der Waals surface area contributed by atoms with Crippen LogP contribution in [0.4, 0.5) is 5.69 Å². The van der Waals surface area contributed by atoms with Gasteiger partial charge in [0.1, 0.15) is 25.8 Å². The fraction of sp³-hybridized carbons (Fsp3) is 0.310. The third kappa shape index (κ3) is 6.95. The van der Waals surface area contributed by atoms with Crippen LogP contribution in [0.15, 0.2) is 82.2 Å². The summed E-state index contributed by atoms with van der Waals surface area (Å²) in [5.74, 6) is 0.0422. The highest BCUT2D eigenvalue weighted by Gasteiger charge is 2.33. The maximum absolute atomic E-state index is 14.0. The van der Waals surface area contributed by atoms with E-state index in [-0.39, 0.29) is 23.0 Å². The normalized spacial score (nSPS) is 13.3. The van der Waals surface area contributed by atoms with Crippen LogP contribution in [0.25, 0.3) is 0 Å². The zero-order chi connectivity index (χ0) is 28.7. The second kappa shape index (κ2) is 13.2. The van der Waals surface area contributed by atoms with Crippen LogP contribution in [0.2, 0.25) is 0 Å². The molecule has 11 heteroatoms. The second-order valence-corrected chi connectivity index (χ2v) is 12.0. The first-order valence-electron chi connectivity index (χ1n) is 13.0. The van der Waals surface area contributed by atoms with Gasteiger partial charge in [-0.3, -0.25) is 13.9 Å². The van der Waals surface area contributed by atoms with Gasteiger partial charge in [0.15, 0.2) is 11.5 Å². The molecule has 40 heavy (non-hydrogen) atoms. The number of fused-ring (bicyclic) bond motifs is 1. The SMILES string of the molecule is CCCNC(=O)C(C)N(Cc1ccc(Br)cc1)C(=O)CN(c1ccc2c(c1)OCCO2)S(=O)(=O)c1ccccc1. The Labute approximate surface area is 243 Å². The summed E-state index contributed by atoms with van der Waals surface area (Å²) in [5, 5.41) is 2.84. The molecule has 0 saturated carbocycles. The molecule has 0 spiro atoms. The van der Waals surface area contributed by atoms with Crippen molar-refractivity contribution in [3.63, 3.8) is 0 Å². The van der Waals surface area contributed by atoms with Crippen LogP contribution in [0.3, 0.4) is 0 Å². The number of amides is 2. The van der Waals surface area contributed by atoms with Crippen molar-refractivity contribution < 1.29 is 27.5 Å². The van der Waals surface area contributed by atoms with Crippen molar-refractivity contribution in [1.82, 2.24) is 10.2 Å². The van der Waals surface area contributed by atoms with Gasteiger partial charge in [0.25, 0.3) is 10.0 Å². The van der Waals surface area contributed by atoms with Crippen LogP contribution in [-0.4, -0.2) is 57.5 Å². The lowest BCUT2D eigenvalue weighted by molar-refractivity contribution is -0.139. The summed E-state index contributed by atoms with van der Waals surface area (Å²) in [4.78, 5) is 28.3. The summed E-state index contributed by atoms with van der Waals surface area (Å²) in [5.41, 5.74) is 1.04. The van der Waals surface area contributed by atoms with Gasteiger partial charge in [0.2, 0.25) is 11.8 Å². The van der Waals surface area contributed by atoms with Crippen molar-refractivity contribution in [2.75, 3.05) is 30.6 Å². The summed E-state index contributed by atoms with van der Waals surface area (Å²) < 4.78 is 41.0. The molecule has 0 saturated heterocycles. The largest absolute Gasteiger partial charge is 0.486 e. The summed E-state index contributed by atoms with van der Waals surface area (Å²) in [6.45, 7) is 4.35. The molecule has 1 unspecified atom stereocenters. The van der Waals surface area contributed by atoms with Crippen molar-refractivity contribution in [3.05, 3.63) is 82.8 Å². The van der Waals surface area contributed by atoms with Crippen LogP contribution in [-0.2, 0) is 26.2 Å². The zero-order valence-corrected chi connectivity index (χ0v) is 24.8. The molecule has 0 aliphatic carbocycles. The van der Waals surface area contributed by atoms with E-state index in [4.69, 9.17) is 9.47 Å². The standard InChI is InChI=1S/C29H32BrN3O6S/c1-3-15-31-29(35)21(2)32(19-22-9-11-23(30)12-10-22)28(34)20-33(40(36,37)25-7-5-4-6-8-25)24-13-14-26-27(18-24)39-17-16-38-26/h4-14,18,21H,3,15-17,19-20H2,1-2H3,(H,31,35). The number of hydrogen-bond acceptors (Lipinski definition) is 6. The van der Waals surface area contributed by atoms with Gasteiger partial charge < -0.3 is 19.7 Å². The molecule has 1 aliphatic rings. The Morgan fingerprint density at radius 2 is 1.65 bits per heavy atom. The quantitative estimate of drug-likeness (QED) is 0.338. The van der Waals surface area contributed by atoms with Gasteiger partial charge >= 0.3 is 0 Å². The maximum Gasteiger partial charge on any atom is 0.264 e. The number of nitrogens with zero attached hydrogens (tertiary/aromatic N) is 2. The highest BCUT2D eigenvalue weighted by Crippen LogP contribution is 2.36. The van der Waals surface area contributed by atoms with Gasteiger partial charge in [-0.25, -0.2) is 8.42 Å². The average molecular weight is 631 g/mol. The molecule has 0 bridgehead atoms. The van der Waals surface area contributed by atoms with Crippen molar-refractivity contribution in [1.29, 1.82) is 0 Å². The maximum atomic E-state index is 14.0. The van der Waals surface area contributed by atoms with Crippen LogP contribution >= 0.6 is 15.9 Å². The van der Waals surface area contributed by atoms with Crippen molar-refractivity contribution in [3.8, 4) is 11.5 Å². The van der Waals surface area contributed by atoms with Gasteiger partial charge in [-0.1, -0.05) is 53.2 Å². The van der Waals surface area contributed by atoms with Crippen LogP contribution < -0.4 is 19.1 Å². The number of sulfonamides is 1. The molecule has 212 valence electrons. The number of ether oxygens (including phenoxy) is 2. The number of halogens is 1. The van der Waals surface area contributed by atoms with E-state index in [9.17, 15) is 18.0 Å².